The smallest absolute Gasteiger partial charge is 0.164 e. The van der Waals surface area contributed by atoms with E-state index in [0.29, 0.717) is 17.5 Å². The van der Waals surface area contributed by atoms with Gasteiger partial charge in [-0.05, 0) is 93.0 Å². The molecule has 0 unspecified atom stereocenters. The Morgan fingerprint density at radius 3 is 1.58 bits per heavy atom. The first kappa shape index (κ1) is 36.0. The van der Waals surface area contributed by atoms with Crippen LogP contribution in [0.3, 0.4) is 0 Å². The van der Waals surface area contributed by atoms with E-state index in [1.807, 2.05) is 36.4 Å². The van der Waals surface area contributed by atoms with Gasteiger partial charge in [-0.15, -0.1) is 0 Å². The van der Waals surface area contributed by atoms with Crippen molar-refractivity contribution in [1.29, 1.82) is 0 Å². The molecule has 0 bridgehead atoms. The van der Waals surface area contributed by atoms with Gasteiger partial charge in [0, 0.05) is 43.6 Å². The molecule has 0 saturated carbocycles. The summed E-state index contributed by atoms with van der Waals surface area (Å²) in [5.41, 5.74) is 12.6. The van der Waals surface area contributed by atoms with Gasteiger partial charge in [0.15, 0.2) is 17.5 Å². The van der Waals surface area contributed by atoms with Gasteiger partial charge in [-0.3, -0.25) is 0 Å². The molecule has 0 radical (unpaired) electrons. The van der Waals surface area contributed by atoms with Crippen LogP contribution in [0.5, 0.6) is 0 Å². The first-order valence-corrected chi connectivity index (χ1v) is 21.6. The Hall–Kier alpha value is -8.67. The zero-order chi connectivity index (χ0) is 42.1. The van der Waals surface area contributed by atoms with Gasteiger partial charge in [0.1, 0.15) is 11.2 Å². The number of nitrogens with zero attached hydrogens (tertiary/aromatic N) is 4. The molecule has 5 nitrogen and oxygen atoms in total. The highest BCUT2D eigenvalue weighted by Gasteiger charge is 2.20. The number of rotatable bonds is 6. The van der Waals surface area contributed by atoms with E-state index in [2.05, 4.69) is 187 Å². The van der Waals surface area contributed by atoms with Gasteiger partial charge in [0.25, 0.3) is 0 Å². The quantitative estimate of drug-likeness (QED) is 0.168. The molecule has 0 aliphatic rings. The molecule has 0 saturated heterocycles. The minimum absolute atomic E-state index is 0.624. The van der Waals surface area contributed by atoms with E-state index in [9.17, 15) is 0 Å². The van der Waals surface area contributed by atoms with Gasteiger partial charge in [0.2, 0.25) is 0 Å². The average molecular weight is 817 g/mol. The molecule has 3 aromatic heterocycles. The van der Waals surface area contributed by atoms with Gasteiger partial charge in [-0.2, -0.15) is 0 Å². The Labute approximate surface area is 368 Å². The molecule has 0 spiro atoms. The van der Waals surface area contributed by atoms with Gasteiger partial charge in [0.05, 0.1) is 16.7 Å². The molecule has 0 amide bonds. The highest BCUT2D eigenvalue weighted by Crippen LogP contribution is 2.41. The second-order valence-corrected chi connectivity index (χ2v) is 16.4. The molecule has 13 rings (SSSR count). The van der Waals surface area contributed by atoms with Gasteiger partial charge >= 0.3 is 0 Å². The van der Waals surface area contributed by atoms with Gasteiger partial charge < -0.3 is 8.98 Å². The molecule has 0 fully saturated rings. The minimum atomic E-state index is 0.624. The van der Waals surface area contributed by atoms with Crippen molar-refractivity contribution in [2.75, 3.05) is 0 Å². The van der Waals surface area contributed by atoms with Crippen molar-refractivity contribution in [3.8, 4) is 62.1 Å². The summed E-state index contributed by atoms with van der Waals surface area (Å²) >= 11 is 0. The van der Waals surface area contributed by atoms with Crippen molar-refractivity contribution in [2.24, 2.45) is 0 Å². The van der Waals surface area contributed by atoms with Crippen molar-refractivity contribution < 1.29 is 4.42 Å². The molecule has 0 N–H and O–H groups in total. The van der Waals surface area contributed by atoms with Crippen LogP contribution in [0.1, 0.15) is 0 Å². The van der Waals surface area contributed by atoms with E-state index in [-0.39, 0.29) is 0 Å². The first-order chi connectivity index (χ1) is 31.7. The van der Waals surface area contributed by atoms with E-state index >= 15 is 0 Å². The standard InChI is InChI=1S/C59H36N4O/c1-3-13-37(14-4-1)38-23-25-40(26-24-38)58-60-57(39-15-5-2-6-16-39)61-59(62-58)48-29-31-52(46-20-10-9-19-45(46)48)63-53-30-27-43(34-49(53)50-33-41-17-7-8-18-42(41)36-54(50)63)44-28-32-56-51(35-44)47-21-11-12-22-55(47)64-56/h1-36H. The monoisotopic (exact) mass is 816 g/mol. The van der Waals surface area contributed by atoms with Crippen LogP contribution in [-0.2, 0) is 0 Å². The van der Waals surface area contributed by atoms with E-state index in [1.165, 1.54) is 27.1 Å². The summed E-state index contributed by atoms with van der Waals surface area (Å²) in [7, 11) is 0. The third-order valence-corrected chi connectivity index (χ3v) is 12.6. The van der Waals surface area contributed by atoms with Crippen molar-refractivity contribution in [2.45, 2.75) is 0 Å². The Bertz CT molecular complexity index is 3940. The SMILES string of the molecule is c1ccc(-c2ccc(-c3nc(-c4ccccc4)nc(-c4ccc(-n5c6ccc(-c7ccc8oc9ccccc9c8c7)cc6c6cc7ccccc7cc65)c5ccccc45)n3)cc2)cc1. The van der Waals surface area contributed by atoms with E-state index < -0.39 is 0 Å². The largest absolute Gasteiger partial charge is 0.456 e. The average Bonchev–Trinajstić information content (AvgIpc) is 3.90. The van der Waals surface area contributed by atoms with Crippen LogP contribution < -0.4 is 0 Å². The second kappa shape index (κ2) is 14.5. The predicted octanol–water partition coefficient (Wildman–Crippen LogP) is 15.5. The summed E-state index contributed by atoms with van der Waals surface area (Å²) in [6.45, 7) is 0. The fourth-order valence-corrected chi connectivity index (χ4v) is 9.51. The normalized spacial score (nSPS) is 11.8. The highest BCUT2D eigenvalue weighted by atomic mass is 16.3. The number of hydrogen-bond acceptors (Lipinski definition) is 4. The summed E-state index contributed by atoms with van der Waals surface area (Å²) in [6.07, 6.45) is 0. The molecular formula is C59H36N4O. The van der Waals surface area contributed by atoms with E-state index in [0.717, 1.165) is 82.8 Å². The van der Waals surface area contributed by atoms with Crippen LogP contribution in [0, 0.1) is 0 Å². The van der Waals surface area contributed by atoms with E-state index in [1.54, 1.807) is 0 Å². The number of fused-ring (bicyclic) bond motifs is 8. The van der Waals surface area contributed by atoms with Gasteiger partial charge in [-0.25, -0.2) is 15.0 Å². The van der Waals surface area contributed by atoms with Crippen molar-refractivity contribution >= 4 is 65.3 Å². The Morgan fingerprint density at radius 2 is 0.812 bits per heavy atom. The number of para-hydroxylation sites is 1. The lowest BCUT2D eigenvalue weighted by atomic mass is 10.00. The Balaban J connectivity index is 0.996. The molecule has 5 heteroatoms. The second-order valence-electron chi connectivity index (χ2n) is 16.4. The fraction of sp³-hybridized carbons (Fsp3) is 0. The summed E-state index contributed by atoms with van der Waals surface area (Å²) in [5, 5.41) is 9.20. The molecule has 64 heavy (non-hydrogen) atoms. The number of benzene rings is 10. The lowest BCUT2D eigenvalue weighted by molar-refractivity contribution is 0.669. The summed E-state index contributed by atoms with van der Waals surface area (Å²) in [5.74, 6) is 1.88. The van der Waals surface area contributed by atoms with Crippen molar-refractivity contribution in [3.63, 3.8) is 0 Å². The summed E-state index contributed by atoms with van der Waals surface area (Å²) in [6, 6.07) is 77.1. The third-order valence-electron chi connectivity index (χ3n) is 12.6. The van der Waals surface area contributed by atoms with Crippen LogP contribution >= 0.6 is 0 Å². The lowest BCUT2D eigenvalue weighted by Crippen LogP contribution is -2.02. The summed E-state index contributed by atoms with van der Waals surface area (Å²) in [4.78, 5) is 15.4. The van der Waals surface area contributed by atoms with Crippen molar-refractivity contribution in [3.05, 3.63) is 218 Å². The fourth-order valence-electron chi connectivity index (χ4n) is 9.51. The maximum absolute atomic E-state index is 6.19. The van der Waals surface area contributed by atoms with Crippen LogP contribution in [0.15, 0.2) is 223 Å². The molecular weight excluding hydrogens is 781 g/mol. The molecule has 10 aromatic carbocycles. The third kappa shape index (κ3) is 5.90. The van der Waals surface area contributed by atoms with Crippen LogP contribution in [0.4, 0.5) is 0 Å². The number of hydrogen-bond donors (Lipinski definition) is 0. The van der Waals surface area contributed by atoms with E-state index in [4.69, 9.17) is 19.4 Å². The molecule has 3 heterocycles. The zero-order valence-electron chi connectivity index (χ0n) is 34.5. The Kier molecular flexibility index (Phi) is 8.15. The number of furan rings is 1. The van der Waals surface area contributed by atoms with Crippen molar-refractivity contribution in [1.82, 2.24) is 19.5 Å². The Morgan fingerprint density at radius 1 is 0.297 bits per heavy atom. The molecule has 0 atom stereocenters. The molecule has 298 valence electrons. The van der Waals surface area contributed by atoms with Crippen LogP contribution in [-0.4, -0.2) is 19.5 Å². The molecule has 0 aliphatic carbocycles. The maximum Gasteiger partial charge on any atom is 0.164 e. The minimum Gasteiger partial charge on any atom is -0.456 e. The first-order valence-electron chi connectivity index (χ1n) is 21.6. The molecule has 13 aromatic rings. The molecule has 0 aliphatic heterocycles. The van der Waals surface area contributed by atoms with Crippen LogP contribution in [0.25, 0.3) is 127 Å². The maximum atomic E-state index is 6.19. The highest BCUT2D eigenvalue weighted by molar-refractivity contribution is 6.16. The lowest BCUT2D eigenvalue weighted by Gasteiger charge is -2.15. The predicted molar refractivity (Wildman–Crippen MR) is 264 cm³/mol. The number of aromatic nitrogens is 4. The summed E-state index contributed by atoms with van der Waals surface area (Å²) < 4.78 is 8.62. The van der Waals surface area contributed by atoms with Gasteiger partial charge in [-0.1, -0.05) is 164 Å². The topological polar surface area (TPSA) is 56.7 Å². The van der Waals surface area contributed by atoms with Crippen LogP contribution in [0.2, 0.25) is 0 Å². The zero-order valence-corrected chi connectivity index (χ0v) is 34.5.